The van der Waals surface area contributed by atoms with E-state index in [2.05, 4.69) is 5.32 Å². The SMILES string of the molecule is CCn1c(=O)c2cc(OC(=O)N(C)CCNC(=O)CCC(=O)ON3C(=O)CCC3=O)c(OC)cc2c2ccc3cc4c(cc3c21)OCO4. The van der Waals surface area contributed by atoms with Crippen molar-refractivity contribution in [2.45, 2.75) is 39.2 Å². The maximum Gasteiger partial charge on any atom is 0.415 e. The van der Waals surface area contributed by atoms with Gasteiger partial charge in [0.1, 0.15) is 0 Å². The third-order valence-corrected chi connectivity index (χ3v) is 8.17. The van der Waals surface area contributed by atoms with Gasteiger partial charge in [0.15, 0.2) is 23.0 Å². The molecule has 4 aromatic rings. The van der Waals surface area contributed by atoms with Crippen LogP contribution in [-0.2, 0) is 30.6 Å². The lowest BCUT2D eigenvalue weighted by Crippen LogP contribution is -2.38. The van der Waals surface area contributed by atoms with Gasteiger partial charge in [-0.05, 0) is 36.6 Å². The van der Waals surface area contributed by atoms with Crippen LogP contribution in [0.25, 0.3) is 32.4 Å². The summed E-state index contributed by atoms with van der Waals surface area (Å²) in [5, 5.41) is 6.47. The molecule has 0 unspecified atom stereocenters. The standard InChI is InChI=1S/C33H32N4O11/c1-4-36-31-19(6-5-18-13-24-25(14-20(18)31)46-17-45-24)21-15-23(44-3)26(16-22(21)32(36)42)47-33(43)35(2)12-11-34-27(38)7-10-30(41)48-37-28(39)8-9-29(37)40/h5-6,13-16H,4,7-12,17H2,1-3H3,(H,34,38). The number of fused-ring (bicyclic) bond motifs is 6. The zero-order valence-electron chi connectivity index (χ0n) is 26.5. The number of aromatic nitrogens is 1. The van der Waals surface area contributed by atoms with E-state index in [9.17, 15) is 28.8 Å². The van der Waals surface area contributed by atoms with Crippen molar-refractivity contribution in [3.8, 4) is 23.0 Å². The predicted molar refractivity (Wildman–Crippen MR) is 170 cm³/mol. The number of carbonyl (C=O) groups excluding carboxylic acids is 5. The van der Waals surface area contributed by atoms with Gasteiger partial charge in [0.2, 0.25) is 12.7 Å². The molecule has 0 aliphatic carbocycles. The monoisotopic (exact) mass is 660 g/mol. The molecular formula is C33H32N4O11. The summed E-state index contributed by atoms with van der Waals surface area (Å²) >= 11 is 0. The fourth-order valence-electron chi connectivity index (χ4n) is 5.69. The first-order valence-corrected chi connectivity index (χ1v) is 15.3. The number of pyridine rings is 1. The molecule has 3 heterocycles. The highest BCUT2D eigenvalue weighted by Gasteiger charge is 2.33. The summed E-state index contributed by atoms with van der Waals surface area (Å²) in [6, 6.07) is 10.8. The van der Waals surface area contributed by atoms with Crippen molar-refractivity contribution < 1.29 is 47.8 Å². The second-order valence-electron chi connectivity index (χ2n) is 11.2. The molecule has 0 saturated carbocycles. The van der Waals surface area contributed by atoms with E-state index in [4.69, 9.17) is 23.8 Å². The number of benzene rings is 3. The van der Waals surface area contributed by atoms with Gasteiger partial charge in [-0.1, -0.05) is 12.1 Å². The normalized spacial score (nSPS) is 13.8. The van der Waals surface area contributed by atoms with Crippen molar-refractivity contribution >= 4 is 62.2 Å². The number of rotatable bonds is 10. The molecule has 0 atom stereocenters. The predicted octanol–water partition coefficient (Wildman–Crippen LogP) is 3.00. The highest BCUT2D eigenvalue weighted by Crippen LogP contribution is 2.41. The summed E-state index contributed by atoms with van der Waals surface area (Å²) in [4.78, 5) is 80.1. The number of nitrogens with one attached hydrogen (secondary N) is 1. The van der Waals surface area contributed by atoms with Crippen LogP contribution in [-0.4, -0.2) is 78.4 Å². The number of likely N-dealkylation sites (N-methyl/N-ethyl adjacent to an activating group) is 1. The summed E-state index contributed by atoms with van der Waals surface area (Å²) < 4.78 is 24.0. The minimum absolute atomic E-state index is 0.0297. The number of carbonyl (C=O) groups is 5. The van der Waals surface area contributed by atoms with Crippen LogP contribution in [0.5, 0.6) is 23.0 Å². The summed E-state index contributed by atoms with van der Waals surface area (Å²) in [5.74, 6) is -1.08. The Hall–Kier alpha value is -5.86. The molecule has 6 rings (SSSR count). The van der Waals surface area contributed by atoms with Crippen molar-refractivity contribution in [2.24, 2.45) is 0 Å². The van der Waals surface area contributed by atoms with Crippen molar-refractivity contribution in [3.63, 3.8) is 0 Å². The molecule has 1 aromatic heterocycles. The van der Waals surface area contributed by atoms with E-state index < -0.39 is 29.8 Å². The average molecular weight is 661 g/mol. The molecule has 1 saturated heterocycles. The van der Waals surface area contributed by atoms with Crippen LogP contribution >= 0.6 is 0 Å². The maximum absolute atomic E-state index is 13.9. The summed E-state index contributed by atoms with van der Waals surface area (Å²) in [6.07, 6.45) is -1.42. The van der Waals surface area contributed by atoms with Gasteiger partial charge in [-0.25, -0.2) is 9.59 Å². The van der Waals surface area contributed by atoms with Gasteiger partial charge in [-0.3, -0.25) is 19.2 Å². The zero-order valence-corrected chi connectivity index (χ0v) is 26.5. The van der Waals surface area contributed by atoms with Gasteiger partial charge in [0.25, 0.3) is 17.4 Å². The van der Waals surface area contributed by atoms with Crippen LogP contribution in [0.4, 0.5) is 4.79 Å². The van der Waals surface area contributed by atoms with Gasteiger partial charge in [0.05, 0.1) is 24.4 Å². The Morgan fingerprint density at radius 1 is 0.896 bits per heavy atom. The topological polar surface area (TPSA) is 172 Å². The summed E-state index contributed by atoms with van der Waals surface area (Å²) in [7, 11) is 2.90. The van der Waals surface area contributed by atoms with Crippen molar-refractivity contribution in [3.05, 3.63) is 46.8 Å². The number of hydroxylamine groups is 2. The largest absolute Gasteiger partial charge is 0.493 e. The third-order valence-electron chi connectivity index (χ3n) is 8.17. The maximum atomic E-state index is 13.9. The van der Waals surface area contributed by atoms with Gasteiger partial charge in [-0.2, -0.15) is 0 Å². The lowest BCUT2D eigenvalue weighted by atomic mass is 10.00. The first-order chi connectivity index (χ1) is 23.1. The molecule has 1 N–H and O–H groups in total. The number of methoxy groups -OCH3 is 1. The lowest BCUT2D eigenvalue weighted by molar-refractivity contribution is -0.197. The number of nitrogens with zero attached hydrogens (tertiary/aromatic N) is 3. The number of hydrogen-bond donors (Lipinski definition) is 1. The van der Waals surface area contributed by atoms with Gasteiger partial charge in [-0.15, -0.1) is 5.06 Å². The second kappa shape index (κ2) is 13.1. The van der Waals surface area contributed by atoms with E-state index in [1.807, 2.05) is 31.2 Å². The molecule has 15 heteroatoms. The molecule has 4 amide bonds. The minimum Gasteiger partial charge on any atom is -0.493 e. The number of ether oxygens (including phenoxy) is 4. The van der Waals surface area contributed by atoms with E-state index in [1.165, 1.54) is 25.1 Å². The highest BCUT2D eigenvalue weighted by atomic mass is 16.7. The Bertz CT molecular complexity index is 2060. The third kappa shape index (κ3) is 6.01. The number of hydrogen-bond acceptors (Lipinski definition) is 11. The number of amides is 4. The molecule has 3 aromatic carbocycles. The Labute approximate surface area is 272 Å². The number of imide groups is 1. The Kier molecular flexibility index (Phi) is 8.76. The van der Waals surface area contributed by atoms with Crippen LogP contribution in [0.15, 0.2) is 41.2 Å². The van der Waals surface area contributed by atoms with Crippen LogP contribution < -0.4 is 29.8 Å². The summed E-state index contributed by atoms with van der Waals surface area (Å²) in [6.45, 7) is 2.48. The van der Waals surface area contributed by atoms with Crippen molar-refractivity contribution in [1.82, 2.24) is 19.8 Å². The highest BCUT2D eigenvalue weighted by molar-refractivity contribution is 6.16. The Morgan fingerprint density at radius 3 is 2.31 bits per heavy atom. The van der Waals surface area contributed by atoms with E-state index in [0.29, 0.717) is 33.9 Å². The van der Waals surface area contributed by atoms with Crippen LogP contribution in [0.2, 0.25) is 0 Å². The molecule has 1 fully saturated rings. The van der Waals surface area contributed by atoms with Gasteiger partial charge < -0.3 is 38.6 Å². The molecule has 48 heavy (non-hydrogen) atoms. The fourth-order valence-corrected chi connectivity index (χ4v) is 5.69. The van der Waals surface area contributed by atoms with Crippen LogP contribution in [0, 0.1) is 0 Å². The van der Waals surface area contributed by atoms with Crippen LogP contribution in [0.3, 0.4) is 0 Å². The molecule has 0 bridgehead atoms. The number of aryl methyl sites for hydroxylation is 1. The first kappa shape index (κ1) is 32.1. The Morgan fingerprint density at radius 2 is 1.60 bits per heavy atom. The lowest BCUT2D eigenvalue weighted by Gasteiger charge is -2.19. The minimum atomic E-state index is -0.890. The van der Waals surface area contributed by atoms with Crippen molar-refractivity contribution in [1.29, 1.82) is 0 Å². The molecule has 0 spiro atoms. The molecule has 15 nitrogen and oxygen atoms in total. The zero-order chi connectivity index (χ0) is 34.1. The Balaban J connectivity index is 1.14. The van der Waals surface area contributed by atoms with E-state index in [1.54, 1.807) is 10.6 Å². The quantitative estimate of drug-likeness (QED) is 0.196. The van der Waals surface area contributed by atoms with E-state index >= 15 is 0 Å². The summed E-state index contributed by atoms with van der Waals surface area (Å²) in [5.41, 5.74) is 0.455. The van der Waals surface area contributed by atoms with Gasteiger partial charge >= 0.3 is 12.1 Å². The van der Waals surface area contributed by atoms with E-state index in [-0.39, 0.29) is 62.6 Å². The van der Waals surface area contributed by atoms with Gasteiger partial charge in [0, 0.05) is 62.1 Å². The van der Waals surface area contributed by atoms with Crippen LogP contribution in [0.1, 0.15) is 32.6 Å². The van der Waals surface area contributed by atoms with E-state index in [0.717, 1.165) is 21.7 Å². The smallest absolute Gasteiger partial charge is 0.415 e. The molecule has 2 aliphatic rings. The first-order valence-electron chi connectivity index (χ1n) is 15.3. The molecule has 250 valence electrons. The molecule has 2 aliphatic heterocycles. The molecule has 0 radical (unpaired) electrons. The fraction of sp³-hybridized carbons (Fsp3) is 0.333. The average Bonchev–Trinajstić information content (AvgIpc) is 3.67. The second-order valence-corrected chi connectivity index (χ2v) is 11.2. The molecular weight excluding hydrogens is 628 g/mol. The van der Waals surface area contributed by atoms with Crippen molar-refractivity contribution in [2.75, 3.05) is 34.0 Å².